The topological polar surface area (TPSA) is 32.3 Å². The van der Waals surface area contributed by atoms with Crippen LogP contribution < -0.4 is 5.32 Å². The summed E-state index contributed by atoms with van der Waals surface area (Å²) in [6.07, 6.45) is -1.43. The summed E-state index contributed by atoms with van der Waals surface area (Å²) in [4.78, 5) is 14.1. The Morgan fingerprint density at radius 3 is 2.67 bits per heavy atom. The number of hydrogen-bond acceptors (Lipinski definition) is 2. The van der Waals surface area contributed by atoms with Gasteiger partial charge in [-0.05, 0) is 36.8 Å². The lowest BCUT2D eigenvalue weighted by molar-refractivity contribution is -0.137. The molecule has 0 bridgehead atoms. The second kappa shape index (κ2) is 6.75. The van der Waals surface area contributed by atoms with Gasteiger partial charge in [-0.3, -0.25) is 4.79 Å². The Hall–Kier alpha value is -1.56. The minimum atomic E-state index is -4.31. The number of alkyl halides is 3. The van der Waals surface area contributed by atoms with E-state index in [-0.39, 0.29) is 17.9 Å². The van der Waals surface area contributed by atoms with Crippen molar-refractivity contribution in [3.63, 3.8) is 0 Å². The number of halogens is 3. The van der Waals surface area contributed by atoms with Gasteiger partial charge in [-0.15, -0.1) is 0 Å². The highest BCUT2D eigenvalue weighted by Gasteiger charge is 2.36. The molecule has 2 fully saturated rings. The van der Waals surface area contributed by atoms with Crippen molar-refractivity contribution in [3.05, 3.63) is 35.4 Å². The van der Waals surface area contributed by atoms with E-state index in [4.69, 9.17) is 0 Å². The molecule has 1 aromatic carbocycles. The van der Waals surface area contributed by atoms with Crippen molar-refractivity contribution in [1.82, 2.24) is 10.2 Å². The average Bonchev–Trinajstić information content (AvgIpc) is 3.37. The summed E-state index contributed by atoms with van der Waals surface area (Å²) in [5.41, 5.74) is 0.0215. The highest BCUT2D eigenvalue weighted by molar-refractivity contribution is 5.81. The van der Waals surface area contributed by atoms with E-state index in [1.807, 2.05) is 4.90 Å². The fraction of sp³-hybridized carbons (Fsp3) is 0.611. The van der Waals surface area contributed by atoms with Crippen molar-refractivity contribution in [2.75, 3.05) is 13.1 Å². The van der Waals surface area contributed by atoms with E-state index in [0.717, 1.165) is 38.4 Å². The van der Waals surface area contributed by atoms with Crippen LogP contribution in [0.25, 0.3) is 0 Å². The molecule has 132 valence electrons. The van der Waals surface area contributed by atoms with Crippen LogP contribution >= 0.6 is 0 Å². The molecule has 6 heteroatoms. The number of carbonyl (C=O) groups is 1. The number of benzene rings is 1. The largest absolute Gasteiger partial charge is 0.416 e. The second-order valence-electron chi connectivity index (χ2n) is 7.01. The molecule has 1 saturated carbocycles. The number of likely N-dealkylation sites (tertiary alicyclic amines) is 1. The molecule has 1 N–H and O–H groups in total. The Labute approximate surface area is 140 Å². The van der Waals surface area contributed by atoms with Crippen LogP contribution in [0.5, 0.6) is 0 Å². The monoisotopic (exact) mass is 340 g/mol. The second-order valence-corrected chi connectivity index (χ2v) is 7.01. The predicted molar refractivity (Wildman–Crippen MR) is 85.2 cm³/mol. The molecule has 24 heavy (non-hydrogen) atoms. The van der Waals surface area contributed by atoms with Crippen LogP contribution in [-0.2, 0) is 17.5 Å². The summed E-state index contributed by atoms with van der Waals surface area (Å²) in [6, 6.07) is 5.67. The Kier molecular flexibility index (Phi) is 4.85. The van der Waals surface area contributed by atoms with Crippen molar-refractivity contribution in [3.8, 4) is 0 Å². The number of rotatable bonds is 4. The van der Waals surface area contributed by atoms with Crippen molar-refractivity contribution >= 4 is 5.91 Å². The molecule has 1 saturated heterocycles. The third-order valence-corrected chi connectivity index (χ3v) is 4.97. The first-order valence-electron chi connectivity index (χ1n) is 8.53. The van der Waals surface area contributed by atoms with Crippen LogP contribution in [0, 0.1) is 11.8 Å². The third-order valence-electron chi connectivity index (χ3n) is 4.97. The first kappa shape index (κ1) is 17.3. The van der Waals surface area contributed by atoms with E-state index in [1.165, 1.54) is 12.1 Å². The van der Waals surface area contributed by atoms with Gasteiger partial charge in [-0.25, -0.2) is 0 Å². The molecule has 2 aliphatic rings. The maximum absolute atomic E-state index is 12.8. The van der Waals surface area contributed by atoms with Crippen molar-refractivity contribution in [2.45, 2.75) is 44.9 Å². The normalized spacial score (nSPS) is 24.9. The van der Waals surface area contributed by atoms with Gasteiger partial charge in [-0.1, -0.05) is 25.1 Å². The molecular formula is C18H23F3N2O. The van der Waals surface area contributed by atoms with E-state index >= 15 is 0 Å². The standard InChI is InChI=1S/C18H23F3N2O/c1-12-11-23(17(24)14-5-6-14)8-7-16(12)22-10-13-3-2-4-15(9-13)18(19,20)21/h2-4,9,12,14,16,22H,5-8,10-11H2,1H3/t12-,16+/m0/s1. The molecule has 0 spiro atoms. The minimum absolute atomic E-state index is 0.225. The Bertz CT molecular complexity index is 598. The molecule has 0 unspecified atom stereocenters. The van der Waals surface area contributed by atoms with Gasteiger partial charge in [0, 0.05) is 31.6 Å². The van der Waals surface area contributed by atoms with Crippen LogP contribution in [0.15, 0.2) is 24.3 Å². The van der Waals surface area contributed by atoms with E-state index in [1.54, 1.807) is 6.07 Å². The molecule has 1 heterocycles. The van der Waals surface area contributed by atoms with Gasteiger partial charge in [0.15, 0.2) is 0 Å². The molecule has 1 aliphatic heterocycles. The molecule has 0 aromatic heterocycles. The van der Waals surface area contributed by atoms with Gasteiger partial charge in [0.25, 0.3) is 0 Å². The Morgan fingerprint density at radius 1 is 1.29 bits per heavy atom. The molecule has 1 amide bonds. The van der Waals surface area contributed by atoms with Crippen LogP contribution in [0.4, 0.5) is 13.2 Å². The molecule has 3 nitrogen and oxygen atoms in total. The van der Waals surface area contributed by atoms with E-state index in [2.05, 4.69) is 12.2 Å². The van der Waals surface area contributed by atoms with Gasteiger partial charge in [-0.2, -0.15) is 13.2 Å². The van der Waals surface area contributed by atoms with Crippen LogP contribution in [0.1, 0.15) is 37.3 Å². The number of nitrogens with zero attached hydrogens (tertiary/aromatic N) is 1. The van der Waals surface area contributed by atoms with Crippen molar-refractivity contribution in [2.24, 2.45) is 11.8 Å². The predicted octanol–water partition coefficient (Wildman–Crippen LogP) is 3.44. The Morgan fingerprint density at radius 2 is 2.04 bits per heavy atom. The summed E-state index contributed by atoms with van der Waals surface area (Å²) in [7, 11) is 0. The van der Waals surface area contributed by atoms with Crippen LogP contribution in [-0.4, -0.2) is 29.9 Å². The number of nitrogens with one attached hydrogen (secondary N) is 1. The number of carbonyl (C=O) groups excluding carboxylic acids is 1. The first-order valence-corrected chi connectivity index (χ1v) is 8.53. The highest BCUT2D eigenvalue weighted by Crippen LogP contribution is 2.33. The zero-order chi connectivity index (χ0) is 17.3. The van der Waals surface area contributed by atoms with Gasteiger partial charge >= 0.3 is 6.18 Å². The van der Waals surface area contributed by atoms with Gasteiger partial charge in [0.1, 0.15) is 0 Å². The lowest BCUT2D eigenvalue weighted by Gasteiger charge is -2.37. The van der Waals surface area contributed by atoms with Gasteiger partial charge in [0.05, 0.1) is 5.56 Å². The maximum atomic E-state index is 12.8. The van der Waals surface area contributed by atoms with E-state index in [0.29, 0.717) is 18.0 Å². The number of hydrogen-bond donors (Lipinski definition) is 1. The lowest BCUT2D eigenvalue weighted by Crippen LogP contribution is -2.50. The Balaban J connectivity index is 1.53. The molecule has 2 atom stereocenters. The third kappa shape index (κ3) is 4.09. The average molecular weight is 340 g/mol. The van der Waals surface area contributed by atoms with Crippen molar-refractivity contribution < 1.29 is 18.0 Å². The summed E-state index contributed by atoms with van der Waals surface area (Å²) in [6.45, 7) is 3.97. The summed E-state index contributed by atoms with van der Waals surface area (Å²) in [5, 5.41) is 3.37. The van der Waals surface area contributed by atoms with Crippen molar-refractivity contribution in [1.29, 1.82) is 0 Å². The smallest absolute Gasteiger partial charge is 0.342 e. The zero-order valence-corrected chi connectivity index (χ0v) is 13.8. The molecule has 1 aliphatic carbocycles. The minimum Gasteiger partial charge on any atom is -0.342 e. The lowest BCUT2D eigenvalue weighted by atomic mass is 9.93. The fourth-order valence-corrected chi connectivity index (χ4v) is 3.34. The first-order chi connectivity index (χ1) is 11.3. The maximum Gasteiger partial charge on any atom is 0.416 e. The molecule has 0 radical (unpaired) electrons. The SMILES string of the molecule is C[C@H]1CN(C(=O)C2CC2)CC[C@H]1NCc1cccc(C(F)(F)F)c1. The van der Waals surface area contributed by atoms with Gasteiger partial charge < -0.3 is 10.2 Å². The summed E-state index contributed by atoms with van der Waals surface area (Å²) >= 11 is 0. The fourth-order valence-electron chi connectivity index (χ4n) is 3.34. The number of piperidine rings is 1. The number of amides is 1. The molecular weight excluding hydrogens is 317 g/mol. The molecule has 1 aromatic rings. The quantitative estimate of drug-likeness (QED) is 0.911. The summed E-state index contributed by atoms with van der Waals surface area (Å²) in [5.74, 6) is 0.817. The van der Waals surface area contributed by atoms with E-state index in [9.17, 15) is 18.0 Å². The van der Waals surface area contributed by atoms with Crippen LogP contribution in [0.2, 0.25) is 0 Å². The highest BCUT2D eigenvalue weighted by atomic mass is 19.4. The summed E-state index contributed by atoms with van der Waals surface area (Å²) < 4.78 is 38.3. The van der Waals surface area contributed by atoms with E-state index < -0.39 is 11.7 Å². The van der Waals surface area contributed by atoms with Crippen LogP contribution in [0.3, 0.4) is 0 Å². The zero-order valence-electron chi connectivity index (χ0n) is 13.8. The molecule has 3 rings (SSSR count). The van der Waals surface area contributed by atoms with Gasteiger partial charge in [0.2, 0.25) is 5.91 Å².